The van der Waals surface area contributed by atoms with E-state index in [-0.39, 0.29) is 28.4 Å². The molecular formula is C27H22BrN3O7. The predicted octanol–water partition coefficient (Wildman–Crippen LogP) is 4.98. The zero-order valence-corrected chi connectivity index (χ0v) is 22.1. The zero-order valence-electron chi connectivity index (χ0n) is 20.5. The van der Waals surface area contributed by atoms with Crippen molar-refractivity contribution < 1.29 is 28.7 Å². The van der Waals surface area contributed by atoms with Crippen LogP contribution in [0, 0.1) is 10.1 Å². The number of piperidine rings is 1. The van der Waals surface area contributed by atoms with Crippen molar-refractivity contribution in [1.29, 1.82) is 0 Å². The third-order valence-corrected chi connectivity index (χ3v) is 8.48. The summed E-state index contributed by atoms with van der Waals surface area (Å²) in [6.07, 6.45) is -0.252. The monoisotopic (exact) mass is 579 g/mol. The maximum atomic E-state index is 14.4. The average Bonchev–Trinajstić information content (AvgIpc) is 3.36. The fraction of sp³-hybridized carbons (Fsp3) is 0.259. The second-order valence-corrected chi connectivity index (χ2v) is 10.1. The number of fused-ring (bicyclic) bond motifs is 2. The summed E-state index contributed by atoms with van der Waals surface area (Å²) >= 11 is 3.49. The SMILES string of the molecule is COC(=O)N1CC[C@@]23Oc4cc(OC)c([N+](=O)[O-])c(Br)c4[C@]2(C1)N(C(=O)c1ccccc1)c1ccccc13. The number of halogens is 1. The molecule has 3 heterocycles. The molecule has 0 saturated carbocycles. The highest BCUT2D eigenvalue weighted by Gasteiger charge is 2.74. The molecule has 3 aliphatic rings. The molecule has 38 heavy (non-hydrogen) atoms. The lowest BCUT2D eigenvalue weighted by molar-refractivity contribution is -0.386. The third-order valence-electron chi connectivity index (χ3n) is 7.71. The topological polar surface area (TPSA) is 111 Å². The van der Waals surface area contributed by atoms with Crippen LogP contribution in [-0.4, -0.2) is 49.1 Å². The first-order valence-corrected chi connectivity index (χ1v) is 12.7. The van der Waals surface area contributed by atoms with Crippen molar-refractivity contribution in [3.8, 4) is 11.5 Å². The number of nitro groups is 1. The Morgan fingerprint density at radius 2 is 1.82 bits per heavy atom. The van der Waals surface area contributed by atoms with Crippen molar-refractivity contribution in [3.63, 3.8) is 0 Å². The minimum absolute atomic E-state index is 0.0119. The molecule has 0 bridgehead atoms. The van der Waals surface area contributed by atoms with E-state index in [0.717, 1.165) is 5.56 Å². The second-order valence-electron chi connectivity index (χ2n) is 9.33. The number of rotatable bonds is 3. The number of nitro benzene ring substituents is 1. The molecule has 194 valence electrons. The van der Waals surface area contributed by atoms with Crippen LogP contribution in [0.1, 0.15) is 27.9 Å². The molecule has 10 nitrogen and oxygen atoms in total. The Balaban J connectivity index is 1.71. The van der Waals surface area contributed by atoms with Gasteiger partial charge in [0.1, 0.15) is 15.8 Å². The van der Waals surface area contributed by atoms with Gasteiger partial charge in [-0.1, -0.05) is 36.4 Å². The molecule has 0 N–H and O–H groups in total. The molecule has 2 atom stereocenters. The lowest BCUT2D eigenvalue weighted by atomic mass is 9.70. The summed E-state index contributed by atoms with van der Waals surface area (Å²) < 4.78 is 17.3. The molecule has 0 spiro atoms. The van der Waals surface area contributed by atoms with Gasteiger partial charge in [-0.2, -0.15) is 0 Å². The zero-order chi connectivity index (χ0) is 26.8. The highest BCUT2D eigenvalue weighted by atomic mass is 79.9. The van der Waals surface area contributed by atoms with Crippen molar-refractivity contribution in [1.82, 2.24) is 4.90 Å². The number of methoxy groups -OCH3 is 2. The lowest BCUT2D eigenvalue weighted by Crippen LogP contribution is -2.66. The van der Waals surface area contributed by atoms with Gasteiger partial charge in [-0.05, 0) is 34.1 Å². The van der Waals surface area contributed by atoms with Crippen LogP contribution < -0.4 is 14.4 Å². The van der Waals surface area contributed by atoms with E-state index in [0.29, 0.717) is 35.5 Å². The molecule has 2 amide bonds. The van der Waals surface area contributed by atoms with Gasteiger partial charge >= 0.3 is 11.8 Å². The Hall–Kier alpha value is -4.12. The van der Waals surface area contributed by atoms with Crippen LogP contribution in [-0.2, 0) is 15.9 Å². The normalized spacial score (nSPS) is 22.5. The van der Waals surface area contributed by atoms with E-state index in [1.54, 1.807) is 29.2 Å². The van der Waals surface area contributed by atoms with Crippen LogP contribution in [0.25, 0.3) is 0 Å². The van der Waals surface area contributed by atoms with Crippen LogP contribution in [0.15, 0.2) is 65.1 Å². The Kier molecular flexibility index (Phi) is 5.39. The summed E-state index contributed by atoms with van der Waals surface area (Å²) in [6, 6.07) is 17.7. The number of hydrogen-bond acceptors (Lipinski definition) is 7. The van der Waals surface area contributed by atoms with E-state index in [9.17, 15) is 19.7 Å². The summed E-state index contributed by atoms with van der Waals surface area (Å²) in [5, 5.41) is 12.2. The summed E-state index contributed by atoms with van der Waals surface area (Å²) in [5.41, 5.74) is -0.555. The molecule has 1 saturated heterocycles. The minimum Gasteiger partial charge on any atom is -0.490 e. The van der Waals surface area contributed by atoms with Gasteiger partial charge in [0.05, 0.1) is 31.4 Å². The maximum absolute atomic E-state index is 14.4. The number of anilines is 1. The van der Waals surface area contributed by atoms with Gasteiger partial charge in [-0.3, -0.25) is 19.8 Å². The fourth-order valence-corrected chi connectivity index (χ4v) is 7.10. The van der Waals surface area contributed by atoms with E-state index in [2.05, 4.69) is 15.9 Å². The first-order valence-electron chi connectivity index (χ1n) is 11.9. The Bertz CT molecular complexity index is 1510. The number of ether oxygens (including phenoxy) is 3. The number of nitrogens with zero attached hydrogens (tertiary/aromatic N) is 3. The van der Waals surface area contributed by atoms with Crippen molar-refractivity contribution >= 4 is 39.3 Å². The van der Waals surface area contributed by atoms with Gasteiger partial charge in [0.15, 0.2) is 5.60 Å². The summed E-state index contributed by atoms with van der Waals surface area (Å²) in [7, 11) is 2.64. The van der Waals surface area contributed by atoms with Gasteiger partial charge in [0.2, 0.25) is 5.75 Å². The van der Waals surface area contributed by atoms with Crippen molar-refractivity contribution in [3.05, 3.63) is 91.9 Å². The van der Waals surface area contributed by atoms with Crippen molar-refractivity contribution in [2.45, 2.75) is 17.6 Å². The standard InChI is InChI=1S/C27H22BrN3O7/c1-36-20-14-19-21(22(28)23(20)31(34)35)26-15-29(25(33)37-2)13-12-27(26,38-19)17-10-6-7-11-18(17)30(26)24(32)16-8-4-3-5-9-16/h3-11,14H,12-13,15H2,1-2H3/t26-,27-/m0/s1. The summed E-state index contributed by atoms with van der Waals surface area (Å²) in [4.78, 5) is 42.0. The molecule has 6 rings (SSSR count). The van der Waals surface area contributed by atoms with Gasteiger partial charge < -0.3 is 19.1 Å². The molecule has 0 aliphatic carbocycles. The lowest BCUT2D eigenvalue weighted by Gasteiger charge is -2.50. The predicted molar refractivity (Wildman–Crippen MR) is 140 cm³/mol. The van der Waals surface area contributed by atoms with Crippen LogP contribution in [0.4, 0.5) is 16.2 Å². The summed E-state index contributed by atoms with van der Waals surface area (Å²) in [6.45, 7) is 0.281. The fourth-order valence-electron chi connectivity index (χ4n) is 6.24. The van der Waals surface area contributed by atoms with Gasteiger partial charge in [0.25, 0.3) is 5.91 Å². The quantitative estimate of drug-likeness (QED) is 0.317. The third kappa shape index (κ3) is 2.93. The summed E-state index contributed by atoms with van der Waals surface area (Å²) in [5.74, 6) is 0.0315. The van der Waals surface area contributed by atoms with Gasteiger partial charge in [-0.15, -0.1) is 0 Å². The molecule has 3 aromatic carbocycles. The molecular weight excluding hydrogens is 558 g/mol. The molecule has 1 fully saturated rings. The molecule has 3 aromatic rings. The number of para-hydroxylation sites is 1. The number of carbonyl (C=O) groups excluding carboxylic acids is 2. The number of hydrogen-bond donors (Lipinski definition) is 0. The van der Waals surface area contributed by atoms with Gasteiger partial charge in [0, 0.05) is 35.7 Å². The molecule has 0 unspecified atom stereocenters. The number of benzene rings is 3. The van der Waals surface area contributed by atoms with Crippen LogP contribution in [0.3, 0.4) is 0 Å². The number of amides is 2. The smallest absolute Gasteiger partial charge is 0.409 e. The van der Waals surface area contributed by atoms with E-state index >= 15 is 0 Å². The number of likely N-dealkylation sites (tertiary alicyclic amines) is 1. The Morgan fingerprint density at radius 1 is 1.11 bits per heavy atom. The Morgan fingerprint density at radius 3 is 2.50 bits per heavy atom. The highest BCUT2D eigenvalue weighted by Crippen LogP contribution is 2.69. The first kappa shape index (κ1) is 24.2. The molecule has 0 radical (unpaired) electrons. The van der Waals surface area contributed by atoms with Crippen LogP contribution >= 0.6 is 15.9 Å². The molecule has 0 aromatic heterocycles. The van der Waals surface area contributed by atoms with Crippen molar-refractivity contribution in [2.75, 3.05) is 32.2 Å². The van der Waals surface area contributed by atoms with Gasteiger partial charge in [-0.25, -0.2) is 4.79 Å². The van der Waals surface area contributed by atoms with E-state index in [1.165, 1.54) is 25.2 Å². The number of carbonyl (C=O) groups is 2. The largest absolute Gasteiger partial charge is 0.490 e. The van der Waals surface area contributed by atoms with E-state index in [4.69, 9.17) is 14.2 Å². The van der Waals surface area contributed by atoms with Crippen molar-refractivity contribution in [2.24, 2.45) is 0 Å². The van der Waals surface area contributed by atoms with E-state index in [1.807, 2.05) is 30.3 Å². The second kappa shape index (κ2) is 8.45. The van der Waals surface area contributed by atoms with Crippen LogP contribution in [0.5, 0.6) is 11.5 Å². The molecule has 11 heteroatoms. The average molecular weight is 580 g/mol. The minimum atomic E-state index is -1.35. The highest BCUT2D eigenvalue weighted by molar-refractivity contribution is 9.10. The van der Waals surface area contributed by atoms with Crippen LogP contribution in [0.2, 0.25) is 0 Å². The maximum Gasteiger partial charge on any atom is 0.409 e. The molecule has 3 aliphatic heterocycles. The Labute approximate surface area is 226 Å². The first-order chi connectivity index (χ1) is 18.3. The van der Waals surface area contributed by atoms with E-state index < -0.39 is 22.2 Å².